The summed E-state index contributed by atoms with van der Waals surface area (Å²) in [4.78, 5) is 33.0. The molecule has 9 nitrogen and oxygen atoms in total. The number of fused-ring (bicyclic) bond motifs is 5. The van der Waals surface area contributed by atoms with Gasteiger partial charge in [0.1, 0.15) is 18.0 Å². The van der Waals surface area contributed by atoms with Crippen LogP contribution in [0.25, 0.3) is 10.8 Å². The molecule has 4 fully saturated rings. The second kappa shape index (κ2) is 11.5. The molecule has 46 heavy (non-hydrogen) atoms. The third-order valence-corrected chi connectivity index (χ3v) is 11.6. The molecule has 3 aromatic rings. The quantitative estimate of drug-likeness (QED) is 0.299. The highest BCUT2D eigenvalue weighted by atomic mass is 79.9. The summed E-state index contributed by atoms with van der Waals surface area (Å²) in [5.41, 5.74) is 3.11. The first-order valence-corrected chi connectivity index (χ1v) is 17.9. The van der Waals surface area contributed by atoms with E-state index in [1.165, 1.54) is 60.8 Å². The second-order valence-corrected chi connectivity index (χ2v) is 15.8. The second-order valence-electron chi connectivity index (χ2n) is 14.9. The van der Waals surface area contributed by atoms with E-state index in [9.17, 15) is 4.79 Å². The lowest BCUT2D eigenvalue weighted by atomic mass is 9.95. The first kappa shape index (κ1) is 30.2. The summed E-state index contributed by atoms with van der Waals surface area (Å²) in [6, 6.07) is 13.7. The van der Waals surface area contributed by atoms with Gasteiger partial charge in [0.05, 0.1) is 29.9 Å². The third kappa shape index (κ3) is 5.39. The number of rotatable bonds is 5. The molecule has 0 radical (unpaired) electrons. The Labute approximate surface area is 280 Å². The van der Waals surface area contributed by atoms with Gasteiger partial charge in [0.15, 0.2) is 0 Å². The molecular weight excluding hydrogens is 644 g/mol. The van der Waals surface area contributed by atoms with E-state index in [4.69, 9.17) is 19.4 Å². The highest BCUT2D eigenvalue weighted by Crippen LogP contribution is 2.41. The first-order valence-electron chi connectivity index (χ1n) is 17.1. The fraction of sp³-hybridized carbons (Fsp3) is 0.583. The number of hydrogen-bond acceptors (Lipinski definition) is 8. The molecular formula is C36H45BrN6O3. The van der Waals surface area contributed by atoms with Gasteiger partial charge in [-0.1, -0.05) is 40.2 Å². The van der Waals surface area contributed by atoms with Crippen LogP contribution in [0.15, 0.2) is 40.9 Å². The Bertz CT molecular complexity index is 1630. The van der Waals surface area contributed by atoms with E-state index in [1.807, 2.05) is 25.7 Å². The molecule has 244 valence electrons. The number of carbonyl (C=O) groups excluding carboxylic acids is 1. The van der Waals surface area contributed by atoms with Crippen LogP contribution in [0.4, 0.5) is 16.3 Å². The van der Waals surface area contributed by atoms with Crippen LogP contribution in [0.5, 0.6) is 6.01 Å². The van der Waals surface area contributed by atoms with Crippen molar-refractivity contribution < 1.29 is 14.3 Å². The minimum absolute atomic E-state index is 0.113. The molecule has 0 aliphatic carbocycles. The summed E-state index contributed by atoms with van der Waals surface area (Å²) in [6.07, 6.45) is 7.48. The zero-order valence-corrected chi connectivity index (χ0v) is 28.9. The van der Waals surface area contributed by atoms with E-state index < -0.39 is 5.60 Å². The van der Waals surface area contributed by atoms with Gasteiger partial charge in [0.25, 0.3) is 0 Å². The van der Waals surface area contributed by atoms with Crippen LogP contribution in [0, 0.1) is 0 Å². The van der Waals surface area contributed by atoms with Crippen molar-refractivity contribution in [1.82, 2.24) is 19.8 Å². The first-order chi connectivity index (χ1) is 22.2. The molecule has 0 N–H and O–H groups in total. The molecule has 5 aliphatic heterocycles. The summed E-state index contributed by atoms with van der Waals surface area (Å²) in [5, 5.41) is 2.45. The van der Waals surface area contributed by atoms with Crippen molar-refractivity contribution in [2.45, 2.75) is 95.5 Å². The SMILES string of the molecule is CC(C)(C)OC(=O)N1C2CCC1CN(c1nc(OCC34CCCN3CCC4)nc3c1CCN(c1ccc(Br)c4ccccc14)C3)C2. The number of amides is 1. The predicted octanol–water partition coefficient (Wildman–Crippen LogP) is 6.55. The van der Waals surface area contributed by atoms with Crippen LogP contribution in [0.2, 0.25) is 0 Å². The number of halogens is 1. The molecule has 1 amide bonds. The number of nitrogens with zero attached hydrogens (tertiary/aromatic N) is 6. The van der Waals surface area contributed by atoms with Crippen LogP contribution in [-0.2, 0) is 17.7 Å². The van der Waals surface area contributed by atoms with E-state index in [0.29, 0.717) is 19.2 Å². The molecule has 4 saturated heterocycles. The van der Waals surface area contributed by atoms with E-state index in [2.05, 4.69) is 67.0 Å². The van der Waals surface area contributed by atoms with Gasteiger partial charge in [0.2, 0.25) is 0 Å². The zero-order chi connectivity index (χ0) is 31.6. The average molecular weight is 690 g/mol. The number of piperazine rings is 1. The molecule has 8 rings (SSSR count). The Morgan fingerprint density at radius 3 is 2.39 bits per heavy atom. The molecule has 2 unspecified atom stereocenters. The van der Waals surface area contributed by atoms with Crippen LogP contribution in [0.1, 0.15) is 70.6 Å². The Hall–Kier alpha value is -3.11. The van der Waals surface area contributed by atoms with E-state index >= 15 is 0 Å². The van der Waals surface area contributed by atoms with Gasteiger partial charge in [-0.05, 0) is 96.3 Å². The van der Waals surface area contributed by atoms with Gasteiger partial charge in [-0.25, -0.2) is 4.79 Å². The number of carbonyl (C=O) groups is 1. The molecule has 2 bridgehead atoms. The summed E-state index contributed by atoms with van der Waals surface area (Å²) in [5.74, 6) is 0.994. The fourth-order valence-electron chi connectivity index (χ4n) is 8.79. The van der Waals surface area contributed by atoms with Crippen LogP contribution < -0.4 is 14.5 Å². The van der Waals surface area contributed by atoms with Gasteiger partial charge in [-0.15, -0.1) is 0 Å². The number of ether oxygens (including phenoxy) is 2. The summed E-state index contributed by atoms with van der Waals surface area (Å²) in [6.45, 7) is 11.9. The maximum absolute atomic E-state index is 13.2. The molecule has 0 spiro atoms. The summed E-state index contributed by atoms with van der Waals surface area (Å²) in [7, 11) is 0. The predicted molar refractivity (Wildman–Crippen MR) is 184 cm³/mol. The topological polar surface area (TPSA) is 74.3 Å². The summed E-state index contributed by atoms with van der Waals surface area (Å²) < 4.78 is 13.5. The summed E-state index contributed by atoms with van der Waals surface area (Å²) >= 11 is 3.75. The van der Waals surface area contributed by atoms with E-state index in [0.717, 1.165) is 54.9 Å². The van der Waals surface area contributed by atoms with Crippen molar-refractivity contribution in [2.75, 3.05) is 49.1 Å². The van der Waals surface area contributed by atoms with Crippen LogP contribution in [-0.4, -0.2) is 88.4 Å². The molecule has 5 aliphatic rings. The van der Waals surface area contributed by atoms with Crippen molar-refractivity contribution in [3.05, 3.63) is 52.1 Å². The smallest absolute Gasteiger partial charge is 0.410 e. The maximum Gasteiger partial charge on any atom is 0.410 e. The van der Waals surface area contributed by atoms with Crippen molar-refractivity contribution >= 4 is 44.3 Å². The molecule has 1 aromatic heterocycles. The highest BCUT2D eigenvalue weighted by Gasteiger charge is 2.47. The van der Waals surface area contributed by atoms with Crippen LogP contribution in [0.3, 0.4) is 0 Å². The Morgan fingerprint density at radius 2 is 1.67 bits per heavy atom. The van der Waals surface area contributed by atoms with Crippen molar-refractivity contribution in [2.24, 2.45) is 0 Å². The van der Waals surface area contributed by atoms with Gasteiger partial charge in [-0.2, -0.15) is 9.97 Å². The minimum atomic E-state index is -0.509. The number of benzene rings is 2. The van der Waals surface area contributed by atoms with Crippen molar-refractivity contribution in [3.63, 3.8) is 0 Å². The molecule has 2 aromatic carbocycles. The largest absolute Gasteiger partial charge is 0.461 e. The van der Waals surface area contributed by atoms with Gasteiger partial charge in [-0.3, -0.25) is 9.80 Å². The Morgan fingerprint density at radius 1 is 0.957 bits per heavy atom. The van der Waals surface area contributed by atoms with Gasteiger partial charge < -0.3 is 19.3 Å². The number of anilines is 2. The molecule has 2 atom stereocenters. The molecule has 6 heterocycles. The average Bonchev–Trinajstić information content (AvgIpc) is 3.69. The lowest BCUT2D eigenvalue weighted by Gasteiger charge is -2.43. The molecule has 0 saturated carbocycles. The lowest BCUT2D eigenvalue weighted by molar-refractivity contribution is 0.0122. The maximum atomic E-state index is 13.2. The zero-order valence-electron chi connectivity index (χ0n) is 27.3. The number of aromatic nitrogens is 2. The van der Waals surface area contributed by atoms with Crippen molar-refractivity contribution in [3.8, 4) is 6.01 Å². The van der Waals surface area contributed by atoms with Gasteiger partial charge >= 0.3 is 12.1 Å². The standard InChI is InChI=1S/C36H45BrN6O3/c1-35(2,3)46-34(44)43-24-10-11-25(43)21-41(20-24)32-28-14-19-40(31-13-12-29(37)26-8-4-5-9-27(26)31)22-30(28)38-33(39-32)45-23-36-15-6-17-42(36)18-7-16-36/h4-5,8-9,12-13,24-25H,6-7,10-11,14-23H2,1-3H3. The lowest BCUT2D eigenvalue weighted by Crippen LogP contribution is -2.57. The highest BCUT2D eigenvalue weighted by molar-refractivity contribution is 9.10. The van der Waals surface area contributed by atoms with E-state index in [-0.39, 0.29) is 23.7 Å². The van der Waals surface area contributed by atoms with Crippen LogP contribution >= 0.6 is 15.9 Å². The van der Waals surface area contributed by atoms with Gasteiger partial charge in [0, 0.05) is 40.7 Å². The Balaban J connectivity index is 1.11. The number of hydrogen-bond donors (Lipinski definition) is 0. The van der Waals surface area contributed by atoms with E-state index in [1.54, 1.807) is 0 Å². The normalized spacial score (nSPS) is 24.0. The Kier molecular flexibility index (Phi) is 7.59. The fourth-order valence-corrected chi connectivity index (χ4v) is 9.27. The minimum Gasteiger partial charge on any atom is -0.461 e. The monoisotopic (exact) mass is 688 g/mol. The third-order valence-electron chi connectivity index (χ3n) is 10.9. The van der Waals surface area contributed by atoms with Crippen molar-refractivity contribution in [1.29, 1.82) is 0 Å². The molecule has 10 heteroatoms.